The summed E-state index contributed by atoms with van der Waals surface area (Å²) in [5.74, 6) is 0.399. The molecule has 0 aliphatic heterocycles. The smallest absolute Gasteiger partial charge is 0.411 e. The highest BCUT2D eigenvalue weighted by atomic mass is 16.7. The minimum Gasteiger partial charge on any atom is -0.474 e. The fourth-order valence-corrected chi connectivity index (χ4v) is 2.08. The van der Waals surface area contributed by atoms with Gasteiger partial charge in [0.05, 0.1) is 12.8 Å². The van der Waals surface area contributed by atoms with Crippen molar-refractivity contribution in [3.63, 3.8) is 0 Å². The number of anilines is 1. The first-order valence-corrected chi connectivity index (χ1v) is 7.91. The van der Waals surface area contributed by atoms with Crippen LogP contribution in [-0.2, 0) is 20.9 Å². The second kappa shape index (κ2) is 9.32. The molecular formula is C19H22N2O4. The summed E-state index contributed by atoms with van der Waals surface area (Å²) in [5.41, 5.74) is 2.46. The molecule has 6 nitrogen and oxygen atoms in total. The van der Waals surface area contributed by atoms with Crippen molar-refractivity contribution in [1.82, 2.24) is 0 Å². The summed E-state index contributed by atoms with van der Waals surface area (Å²) >= 11 is 0. The fraction of sp³-hybridized carbons (Fsp3) is 0.263. The number of methoxy groups -OCH3 is 1. The molecular weight excluding hydrogens is 320 g/mol. The Hall–Kier alpha value is -3.02. The van der Waals surface area contributed by atoms with E-state index in [-0.39, 0.29) is 12.7 Å². The lowest BCUT2D eigenvalue weighted by Crippen LogP contribution is -2.13. The average molecular weight is 342 g/mol. The zero-order valence-electron chi connectivity index (χ0n) is 14.6. The lowest BCUT2D eigenvalue weighted by atomic mass is 10.1. The molecule has 1 unspecified atom stereocenters. The summed E-state index contributed by atoms with van der Waals surface area (Å²) in [6.45, 7) is 3.88. The van der Waals surface area contributed by atoms with Crippen molar-refractivity contribution in [3.05, 3.63) is 65.7 Å². The Bertz CT molecular complexity index is 716. The summed E-state index contributed by atoms with van der Waals surface area (Å²) < 4.78 is 10.2. The van der Waals surface area contributed by atoms with Gasteiger partial charge in [-0.1, -0.05) is 53.7 Å². The molecule has 1 N–H and O–H groups in total. The van der Waals surface area contributed by atoms with Crippen LogP contribution in [0.1, 0.15) is 31.1 Å². The van der Waals surface area contributed by atoms with E-state index in [1.54, 1.807) is 13.0 Å². The maximum Gasteiger partial charge on any atom is 0.411 e. The highest BCUT2D eigenvalue weighted by molar-refractivity contribution is 5.85. The second-order valence-electron chi connectivity index (χ2n) is 5.33. The molecule has 1 amide bonds. The average Bonchev–Trinajstić information content (AvgIpc) is 2.66. The van der Waals surface area contributed by atoms with Crippen LogP contribution in [-0.4, -0.2) is 19.1 Å². The third kappa shape index (κ3) is 5.84. The van der Waals surface area contributed by atoms with Crippen molar-refractivity contribution in [1.29, 1.82) is 0 Å². The van der Waals surface area contributed by atoms with E-state index >= 15 is 0 Å². The predicted octanol–water partition coefficient (Wildman–Crippen LogP) is 4.49. The summed E-state index contributed by atoms with van der Waals surface area (Å²) in [5, 5.41) is 6.65. The number of oxime groups is 1. The normalized spacial score (nSPS) is 12.2. The summed E-state index contributed by atoms with van der Waals surface area (Å²) in [7, 11) is 1.32. The van der Waals surface area contributed by atoms with Gasteiger partial charge in [-0.3, -0.25) is 5.32 Å². The van der Waals surface area contributed by atoms with Crippen LogP contribution in [0.15, 0.2) is 59.8 Å². The van der Waals surface area contributed by atoms with Crippen LogP contribution in [0.2, 0.25) is 0 Å². The van der Waals surface area contributed by atoms with Crippen molar-refractivity contribution >= 4 is 17.7 Å². The van der Waals surface area contributed by atoms with Crippen molar-refractivity contribution in [2.75, 3.05) is 12.4 Å². The van der Waals surface area contributed by atoms with Gasteiger partial charge in [-0.15, -0.1) is 0 Å². The van der Waals surface area contributed by atoms with Gasteiger partial charge in [0, 0.05) is 12.5 Å². The maximum absolute atomic E-state index is 11.4. The molecule has 0 saturated heterocycles. The van der Waals surface area contributed by atoms with Crippen LogP contribution in [0.25, 0.3) is 0 Å². The number of carbonyl (C=O) groups is 1. The van der Waals surface area contributed by atoms with Gasteiger partial charge in [-0.05, 0) is 18.6 Å². The van der Waals surface area contributed by atoms with Gasteiger partial charge in [0.2, 0.25) is 5.90 Å². The number of hydrogen-bond acceptors (Lipinski definition) is 5. The zero-order valence-corrected chi connectivity index (χ0v) is 14.6. The molecule has 0 spiro atoms. The molecule has 25 heavy (non-hydrogen) atoms. The number of hydrogen-bond donors (Lipinski definition) is 1. The number of amides is 1. The monoisotopic (exact) mass is 342 g/mol. The molecule has 2 aromatic rings. The first-order valence-electron chi connectivity index (χ1n) is 7.91. The van der Waals surface area contributed by atoms with E-state index in [1.165, 1.54) is 7.11 Å². The minimum absolute atomic E-state index is 0.173. The van der Waals surface area contributed by atoms with Crippen molar-refractivity contribution in [2.24, 2.45) is 5.16 Å². The Balaban J connectivity index is 1.91. The third-order valence-corrected chi connectivity index (χ3v) is 3.48. The van der Waals surface area contributed by atoms with Gasteiger partial charge in [0.15, 0.2) is 0 Å². The lowest BCUT2D eigenvalue weighted by Gasteiger charge is -2.13. The fourth-order valence-electron chi connectivity index (χ4n) is 2.08. The molecule has 2 rings (SSSR count). The number of nitrogens with zero attached hydrogens (tertiary/aromatic N) is 1. The van der Waals surface area contributed by atoms with E-state index in [9.17, 15) is 4.79 Å². The Morgan fingerprint density at radius 1 is 1.12 bits per heavy atom. The molecule has 2 aromatic carbocycles. The molecule has 0 aromatic heterocycles. The van der Waals surface area contributed by atoms with Gasteiger partial charge in [-0.25, -0.2) is 4.79 Å². The molecule has 0 bridgehead atoms. The highest BCUT2D eigenvalue weighted by Gasteiger charge is 2.08. The number of carbonyl (C=O) groups excluding carboxylic acids is 1. The molecule has 0 aliphatic carbocycles. The van der Waals surface area contributed by atoms with E-state index in [0.717, 1.165) is 11.1 Å². The Morgan fingerprint density at radius 2 is 1.80 bits per heavy atom. The molecule has 0 heterocycles. The van der Waals surface area contributed by atoms with Crippen molar-refractivity contribution in [2.45, 2.75) is 26.6 Å². The Kier molecular flexibility index (Phi) is 6.83. The first-order chi connectivity index (χ1) is 12.1. The number of nitrogens with one attached hydrogen (secondary N) is 1. The Morgan fingerprint density at radius 3 is 2.52 bits per heavy atom. The number of ether oxygens (including phenoxy) is 2. The van der Waals surface area contributed by atoms with E-state index in [4.69, 9.17) is 9.57 Å². The molecule has 0 saturated carbocycles. The molecule has 6 heteroatoms. The first kappa shape index (κ1) is 18.3. The molecule has 0 aliphatic rings. The van der Waals surface area contributed by atoms with E-state index in [1.807, 2.05) is 55.5 Å². The minimum atomic E-state index is -0.530. The van der Waals surface area contributed by atoms with Crippen LogP contribution < -0.4 is 5.32 Å². The number of para-hydroxylation sites is 1. The quantitative estimate of drug-likeness (QED) is 0.477. The molecule has 1 atom stereocenters. The third-order valence-electron chi connectivity index (χ3n) is 3.48. The van der Waals surface area contributed by atoms with Crippen molar-refractivity contribution in [3.8, 4) is 0 Å². The summed E-state index contributed by atoms with van der Waals surface area (Å²) in [6.07, 6.45) is -0.703. The SMILES string of the molecule is COC(=O)Nc1ccccc1CO/C(C)=N/OC(C)c1ccccc1. The van der Waals surface area contributed by atoms with Crippen molar-refractivity contribution < 1.29 is 19.1 Å². The lowest BCUT2D eigenvalue weighted by molar-refractivity contribution is 0.0639. The van der Waals surface area contributed by atoms with E-state index in [2.05, 4.69) is 15.2 Å². The van der Waals surface area contributed by atoms with Crippen LogP contribution >= 0.6 is 0 Å². The number of benzene rings is 2. The summed E-state index contributed by atoms with van der Waals surface area (Å²) in [4.78, 5) is 16.8. The summed E-state index contributed by atoms with van der Waals surface area (Å²) in [6, 6.07) is 17.1. The largest absolute Gasteiger partial charge is 0.474 e. The van der Waals surface area contributed by atoms with Crippen LogP contribution in [0, 0.1) is 0 Å². The van der Waals surface area contributed by atoms with E-state index in [0.29, 0.717) is 11.6 Å². The zero-order chi connectivity index (χ0) is 18.1. The Labute approximate surface area is 147 Å². The predicted molar refractivity (Wildman–Crippen MR) is 96.3 cm³/mol. The topological polar surface area (TPSA) is 69.2 Å². The molecule has 0 radical (unpaired) electrons. The van der Waals surface area contributed by atoms with Gasteiger partial charge in [0.1, 0.15) is 12.7 Å². The van der Waals surface area contributed by atoms with Gasteiger partial charge >= 0.3 is 6.09 Å². The van der Waals surface area contributed by atoms with Crippen LogP contribution in [0.4, 0.5) is 10.5 Å². The standard InChI is InChI=1S/C19H22N2O4/c1-14(16-9-5-4-6-10-16)25-21-15(2)24-13-17-11-7-8-12-18(17)20-19(22)23-3/h4-12,14H,13H2,1-3H3,(H,20,22)/b21-15+. The second-order valence-corrected chi connectivity index (χ2v) is 5.33. The number of rotatable bonds is 6. The van der Waals surface area contributed by atoms with Crippen LogP contribution in [0.5, 0.6) is 0 Å². The van der Waals surface area contributed by atoms with Gasteiger partial charge in [-0.2, -0.15) is 0 Å². The highest BCUT2D eigenvalue weighted by Crippen LogP contribution is 2.18. The van der Waals surface area contributed by atoms with Gasteiger partial charge in [0.25, 0.3) is 0 Å². The molecule has 0 fully saturated rings. The maximum atomic E-state index is 11.4. The van der Waals surface area contributed by atoms with Crippen LogP contribution in [0.3, 0.4) is 0 Å². The van der Waals surface area contributed by atoms with Gasteiger partial charge < -0.3 is 14.3 Å². The molecule has 132 valence electrons. The van der Waals surface area contributed by atoms with E-state index < -0.39 is 6.09 Å².